The Balaban J connectivity index is 1.14. The van der Waals surface area contributed by atoms with Crippen molar-refractivity contribution in [3.8, 4) is 23.3 Å². The summed E-state index contributed by atoms with van der Waals surface area (Å²) < 4.78 is 29.7. The third-order valence-corrected chi connectivity index (χ3v) is 10.1. The zero-order valence-corrected chi connectivity index (χ0v) is 28.3. The largest absolute Gasteiger partial charge is 0.457 e. The minimum atomic E-state index is -0.673. The van der Waals surface area contributed by atoms with Crippen molar-refractivity contribution in [1.82, 2.24) is 28.8 Å². The number of benzene rings is 2. The van der Waals surface area contributed by atoms with Gasteiger partial charge in [0, 0.05) is 57.1 Å². The van der Waals surface area contributed by atoms with Crippen molar-refractivity contribution in [3.05, 3.63) is 88.7 Å². The molecule has 0 aliphatic carbocycles. The fraction of sp³-hybridized carbons (Fsp3) is 0.405. The molecule has 2 aromatic heterocycles. The third-order valence-electron chi connectivity index (χ3n) is 10.1. The molecule has 12 nitrogen and oxygen atoms in total. The summed E-state index contributed by atoms with van der Waals surface area (Å²) in [6.07, 6.45) is 4.50. The van der Waals surface area contributed by atoms with Gasteiger partial charge in [0.05, 0.1) is 36.5 Å². The van der Waals surface area contributed by atoms with Crippen molar-refractivity contribution < 1.29 is 18.7 Å². The number of amides is 1. The molecule has 1 amide bonds. The first-order valence-electron chi connectivity index (χ1n) is 17.0. The summed E-state index contributed by atoms with van der Waals surface area (Å²) in [6.45, 7) is 9.74. The molecule has 0 saturated carbocycles. The Hall–Kier alpha value is -5.03. The number of nitrogens with two attached hydrogens (primary N) is 1. The van der Waals surface area contributed by atoms with Crippen molar-refractivity contribution >= 4 is 22.8 Å². The van der Waals surface area contributed by atoms with Crippen LogP contribution in [0.25, 0.3) is 16.7 Å². The summed E-state index contributed by atoms with van der Waals surface area (Å²) >= 11 is 0. The topological polar surface area (TPSA) is 135 Å². The number of nitrogen functional groups attached to an aromatic ring is 1. The monoisotopic (exact) mass is 680 g/mol. The van der Waals surface area contributed by atoms with Gasteiger partial charge in [0.25, 0.3) is 5.91 Å². The molecule has 3 aliphatic rings. The molecule has 13 heteroatoms. The van der Waals surface area contributed by atoms with E-state index in [9.17, 15) is 14.9 Å². The van der Waals surface area contributed by atoms with E-state index in [0.717, 1.165) is 39.4 Å². The predicted octanol–water partition coefficient (Wildman–Crippen LogP) is 4.11. The van der Waals surface area contributed by atoms with E-state index in [1.165, 1.54) is 22.9 Å². The molecule has 7 rings (SSSR count). The van der Waals surface area contributed by atoms with E-state index in [1.807, 2.05) is 32.0 Å². The van der Waals surface area contributed by atoms with Crippen molar-refractivity contribution in [2.75, 3.05) is 58.2 Å². The van der Waals surface area contributed by atoms with E-state index in [1.54, 1.807) is 39.8 Å². The van der Waals surface area contributed by atoms with Gasteiger partial charge in [0.1, 0.15) is 34.5 Å². The maximum atomic E-state index is 15.8. The standard InChI is InChI=1S/C37H41FN8O4/c1-37(2,44-17-15-42(16-18-44)27-23-49-24-27)20-25(21-39)35(47)43-14-6-7-26(22-43)45-32-12-13-41-34(40)33(32)46(36(45)48)31-11-10-29(19-30(31)38)50-28-8-4-3-5-9-28/h3-5,8-13,19-20,26-27H,6-7,14-18,22-24H2,1-2H3,(H2,40,41)/t26-/m1/s1. The van der Waals surface area contributed by atoms with Gasteiger partial charge in [-0.1, -0.05) is 18.2 Å². The van der Waals surface area contributed by atoms with Crippen LogP contribution in [0.5, 0.6) is 11.5 Å². The molecule has 3 fully saturated rings. The second kappa shape index (κ2) is 13.7. The lowest BCUT2D eigenvalue weighted by atomic mass is 9.96. The van der Waals surface area contributed by atoms with Gasteiger partial charge in [-0.05, 0) is 63.1 Å². The number of imidazole rings is 1. The lowest BCUT2D eigenvalue weighted by Gasteiger charge is -2.46. The van der Waals surface area contributed by atoms with E-state index >= 15 is 4.39 Å². The van der Waals surface area contributed by atoms with Gasteiger partial charge in [-0.3, -0.25) is 23.7 Å². The number of carbonyl (C=O) groups is 1. The number of rotatable bonds is 8. The summed E-state index contributed by atoms with van der Waals surface area (Å²) in [6, 6.07) is 17.2. The number of anilines is 1. The van der Waals surface area contributed by atoms with Crippen LogP contribution in [0.4, 0.5) is 10.2 Å². The number of hydrogen-bond donors (Lipinski definition) is 1. The number of para-hydroxylation sites is 1. The Morgan fingerprint density at radius 2 is 1.82 bits per heavy atom. The third kappa shape index (κ3) is 6.37. The molecule has 0 bridgehead atoms. The van der Waals surface area contributed by atoms with Gasteiger partial charge in [-0.15, -0.1) is 0 Å². The van der Waals surface area contributed by atoms with Gasteiger partial charge in [-0.25, -0.2) is 14.2 Å². The second-order valence-corrected chi connectivity index (χ2v) is 13.7. The van der Waals surface area contributed by atoms with Crippen LogP contribution in [0.1, 0.15) is 32.7 Å². The van der Waals surface area contributed by atoms with Gasteiger partial charge >= 0.3 is 5.69 Å². The van der Waals surface area contributed by atoms with E-state index in [2.05, 4.69) is 20.9 Å². The first kappa shape index (κ1) is 33.5. The first-order chi connectivity index (χ1) is 24.1. The average molecular weight is 681 g/mol. The highest BCUT2D eigenvalue weighted by Gasteiger charge is 2.36. The molecule has 2 aromatic carbocycles. The fourth-order valence-corrected chi connectivity index (χ4v) is 7.33. The molecule has 4 aromatic rings. The summed E-state index contributed by atoms with van der Waals surface area (Å²) in [5.41, 5.74) is 6.15. The normalized spacial score (nSPS) is 19.7. The number of carbonyl (C=O) groups excluding carboxylic acids is 1. The number of pyridine rings is 1. The number of piperazine rings is 1. The van der Waals surface area contributed by atoms with Crippen LogP contribution in [-0.2, 0) is 9.53 Å². The van der Waals surface area contributed by atoms with Crippen molar-refractivity contribution in [2.45, 2.75) is 44.3 Å². The Morgan fingerprint density at radius 3 is 2.50 bits per heavy atom. The van der Waals surface area contributed by atoms with Crippen molar-refractivity contribution in [3.63, 3.8) is 0 Å². The molecule has 0 radical (unpaired) electrons. The van der Waals surface area contributed by atoms with Crippen LogP contribution in [0.3, 0.4) is 0 Å². The number of nitrogens with zero attached hydrogens (tertiary/aromatic N) is 7. The highest BCUT2D eigenvalue weighted by atomic mass is 19.1. The number of halogens is 1. The van der Waals surface area contributed by atoms with E-state index in [-0.39, 0.29) is 40.8 Å². The number of likely N-dealkylation sites (tertiary alicyclic amines) is 1. The fourth-order valence-electron chi connectivity index (χ4n) is 7.33. The van der Waals surface area contributed by atoms with Crippen LogP contribution in [0.15, 0.2) is 77.2 Å². The summed E-state index contributed by atoms with van der Waals surface area (Å²) in [5, 5.41) is 10.2. The van der Waals surface area contributed by atoms with E-state index in [4.69, 9.17) is 15.2 Å². The van der Waals surface area contributed by atoms with E-state index in [0.29, 0.717) is 36.7 Å². The van der Waals surface area contributed by atoms with Crippen LogP contribution in [0.2, 0.25) is 0 Å². The molecule has 0 spiro atoms. The molecule has 0 unspecified atom stereocenters. The zero-order valence-electron chi connectivity index (χ0n) is 28.3. The molecule has 3 saturated heterocycles. The number of ether oxygens (including phenoxy) is 2. The lowest BCUT2D eigenvalue weighted by molar-refractivity contribution is -0.128. The second-order valence-electron chi connectivity index (χ2n) is 13.7. The molecule has 5 heterocycles. The molecular formula is C37H41FN8O4. The Labute approximate surface area is 289 Å². The van der Waals surface area contributed by atoms with Crippen LogP contribution >= 0.6 is 0 Å². The molecule has 50 heavy (non-hydrogen) atoms. The van der Waals surface area contributed by atoms with Gasteiger partial charge in [0.15, 0.2) is 5.82 Å². The highest BCUT2D eigenvalue weighted by Crippen LogP contribution is 2.32. The number of aromatic nitrogens is 3. The molecule has 260 valence electrons. The number of fused-ring (bicyclic) bond motifs is 1. The highest BCUT2D eigenvalue weighted by molar-refractivity contribution is 5.97. The van der Waals surface area contributed by atoms with Crippen molar-refractivity contribution in [2.24, 2.45) is 0 Å². The Kier molecular flexibility index (Phi) is 9.17. The maximum absolute atomic E-state index is 15.8. The molecule has 1 atom stereocenters. The Bertz CT molecular complexity index is 2020. The minimum absolute atomic E-state index is 0.00129. The molecule has 2 N–H and O–H groups in total. The van der Waals surface area contributed by atoms with Crippen LogP contribution < -0.4 is 16.2 Å². The minimum Gasteiger partial charge on any atom is -0.457 e. The smallest absolute Gasteiger partial charge is 0.334 e. The van der Waals surface area contributed by atoms with Crippen molar-refractivity contribution in [1.29, 1.82) is 5.26 Å². The van der Waals surface area contributed by atoms with Crippen LogP contribution in [-0.4, -0.2) is 98.8 Å². The summed E-state index contributed by atoms with van der Waals surface area (Å²) in [4.78, 5) is 38.7. The summed E-state index contributed by atoms with van der Waals surface area (Å²) in [7, 11) is 0. The molecule has 3 aliphatic heterocycles. The SMILES string of the molecule is CC(C)(C=C(C#N)C(=O)N1CCC[C@@H](n2c(=O)n(-c3ccc(Oc4ccccc4)cc3F)c3c(N)nccc32)C1)N1CCN(C2COC2)CC1. The molecular weight excluding hydrogens is 639 g/mol. The lowest BCUT2D eigenvalue weighted by Crippen LogP contribution is -2.59. The van der Waals surface area contributed by atoms with Crippen LogP contribution in [0, 0.1) is 17.1 Å². The number of hydrogen-bond acceptors (Lipinski definition) is 9. The summed E-state index contributed by atoms with van der Waals surface area (Å²) in [5.74, 6) is -0.141. The van der Waals surface area contributed by atoms with Gasteiger partial charge in [-0.2, -0.15) is 5.26 Å². The number of piperidine rings is 1. The van der Waals surface area contributed by atoms with Gasteiger partial charge in [0.2, 0.25) is 0 Å². The predicted molar refractivity (Wildman–Crippen MR) is 187 cm³/mol. The maximum Gasteiger partial charge on any atom is 0.334 e. The Morgan fingerprint density at radius 1 is 1.06 bits per heavy atom. The first-order valence-corrected chi connectivity index (χ1v) is 17.0. The average Bonchev–Trinajstić information content (AvgIpc) is 3.39. The number of nitriles is 1. The zero-order chi connectivity index (χ0) is 35.0. The quantitative estimate of drug-likeness (QED) is 0.216. The van der Waals surface area contributed by atoms with E-state index < -0.39 is 23.1 Å². The van der Waals surface area contributed by atoms with Gasteiger partial charge < -0.3 is 20.1 Å².